The predicted molar refractivity (Wildman–Crippen MR) is 80.0 cm³/mol. The van der Waals surface area contributed by atoms with Crippen molar-refractivity contribution in [2.75, 3.05) is 39.5 Å². The van der Waals surface area contributed by atoms with E-state index in [2.05, 4.69) is 17.1 Å². The summed E-state index contributed by atoms with van der Waals surface area (Å²) in [5, 5.41) is 3.89. The summed E-state index contributed by atoms with van der Waals surface area (Å²) in [4.78, 5) is 2.68. The van der Waals surface area contributed by atoms with Crippen molar-refractivity contribution in [3.8, 4) is 0 Å². The molecule has 20 heavy (non-hydrogen) atoms. The van der Waals surface area contributed by atoms with Crippen LogP contribution in [0.4, 0.5) is 0 Å². The van der Waals surface area contributed by atoms with Gasteiger partial charge in [0.25, 0.3) is 0 Å². The second-order valence-corrected chi connectivity index (χ2v) is 6.78. The van der Waals surface area contributed by atoms with Crippen LogP contribution in [-0.4, -0.2) is 62.0 Å². The molecule has 1 spiro atoms. The van der Waals surface area contributed by atoms with Crippen molar-refractivity contribution < 1.29 is 9.47 Å². The van der Waals surface area contributed by atoms with Gasteiger partial charge in [0, 0.05) is 31.2 Å². The standard InChI is InChI=1S/C16H30N2O2/c1-2-14-10-17-16(6-4-3-5-7-16)13-18(14)11-15-12-19-8-9-20-15/h14-15,17H,2-13H2,1H3. The van der Waals surface area contributed by atoms with Crippen molar-refractivity contribution in [3.63, 3.8) is 0 Å². The molecule has 3 aliphatic rings. The molecule has 0 aromatic heterocycles. The minimum absolute atomic E-state index is 0.275. The van der Waals surface area contributed by atoms with Crippen molar-refractivity contribution in [1.29, 1.82) is 0 Å². The average Bonchev–Trinajstić information content (AvgIpc) is 2.49. The van der Waals surface area contributed by atoms with E-state index in [1.54, 1.807) is 0 Å². The zero-order valence-corrected chi connectivity index (χ0v) is 12.9. The van der Waals surface area contributed by atoms with E-state index in [9.17, 15) is 0 Å². The predicted octanol–water partition coefficient (Wildman–Crippen LogP) is 1.79. The van der Waals surface area contributed by atoms with Gasteiger partial charge < -0.3 is 14.8 Å². The van der Waals surface area contributed by atoms with Crippen LogP contribution in [0.5, 0.6) is 0 Å². The van der Waals surface area contributed by atoms with Crippen LogP contribution >= 0.6 is 0 Å². The summed E-state index contributed by atoms with van der Waals surface area (Å²) in [6.07, 6.45) is 8.39. The highest BCUT2D eigenvalue weighted by atomic mass is 16.6. The van der Waals surface area contributed by atoms with Gasteiger partial charge in [0.15, 0.2) is 0 Å². The highest BCUT2D eigenvalue weighted by Gasteiger charge is 2.40. The molecular weight excluding hydrogens is 252 g/mol. The number of piperazine rings is 1. The van der Waals surface area contributed by atoms with E-state index >= 15 is 0 Å². The van der Waals surface area contributed by atoms with E-state index in [0.717, 1.165) is 32.9 Å². The van der Waals surface area contributed by atoms with Crippen LogP contribution in [0.15, 0.2) is 0 Å². The monoisotopic (exact) mass is 282 g/mol. The van der Waals surface area contributed by atoms with Crippen LogP contribution in [-0.2, 0) is 9.47 Å². The molecule has 2 unspecified atom stereocenters. The highest BCUT2D eigenvalue weighted by Crippen LogP contribution is 2.32. The molecule has 2 saturated heterocycles. The summed E-state index contributed by atoms with van der Waals surface area (Å²) in [5.41, 5.74) is 0.388. The van der Waals surface area contributed by atoms with Crippen molar-refractivity contribution in [2.24, 2.45) is 0 Å². The maximum Gasteiger partial charge on any atom is 0.0936 e. The maximum absolute atomic E-state index is 5.86. The molecule has 3 rings (SSSR count). The molecule has 0 aromatic rings. The Morgan fingerprint density at radius 1 is 1.20 bits per heavy atom. The average molecular weight is 282 g/mol. The Bertz CT molecular complexity index is 299. The Kier molecular flexibility index (Phi) is 4.97. The lowest BCUT2D eigenvalue weighted by atomic mass is 9.79. The third kappa shape index (κ3) is 3.35. The number of nitrogens with one attached hydrogen (secondary N) is 1. The van der Waals surface area contributed by atoms with Crippen LogP contribution in [0, 0.1) is 0 Å². The molecule has 0 aromatic carbocycles. The Balaban J connectivity index is 1.61. The molecule has 4 nitrogen and oxygen atoms in total. The van der Waals surface area contributed by atoms with E-state index in [1.807, 2.05) is 0 Å². The van der Waals surface area contributed by atoms with Crippen LogP contribution < -0.4 is 5.32 Å². The van der Waals surface area contributed by atoms with Crippen molar-refractivity contribution in [1.82, 2.24) is 10.2 Å². The van der Waals surface area contributed by atoms with Crippen molar-refractivity contribution in [3.05, 3.63) is 0 Å². The zero-order chi connectivity index (χ0) is 13.8. The van der Waals surface area contributed by atoms with Gasteiger partial charge in [-0.25, -0.2) is 0 Å². The summed E-state index contributed by atoms with van der Waals surface area (Å²) in [5.74, 6) is 0. The molecule has 0 radical (unpaired) electrons. The van der Waals surface area contributed by atoms with Gasteiger partial charge in [0.2, 0.25) is 0 Å². The molecule has 2 atom stereocenters. The maximum atomic E-state index is 5.86. The summed E-state index contributed by atoms with van der Waals surface area (Å²) in [7, 11) is 0. The minimum atomic E-state index is 0.275. The Labute approximate surface area is 123 Å². The normalized spacial score (nSPS) is 35.2. The minimum Gasteiger partial charge on any atom is -0.376 e. The van der Waals surface area contributed by atoms with Gasteiger partial charge in [0.05, 0.1) is 25.9 Å². The number of hydrogen-bond donors (Lipinski definition) is 1. The molecule has 1 N–H and O–H groups in total. The largest absolute Gasteiger partial charge is 0.376 e. The molecule has 1 saturated carbocycles. The molecule has 0 amide bonds. The molecule has 3 fully saturated rings. The van der Waals surface area contributed by atoms with Crippen LogP contribution in [0.3, 0.4) is 0 Å². The first-order valence-electron chi connectivity index (χ1n) is 8.50. The summed E-state index contributed by atoms with van der Waals surface area (Å²) in [6.45, 7) is 7.99. The molecule has 4 heteroatoms. The van der Waals surface area contributed by atoms with E-state index < -0.39 is 0 Å². The van der Waals surface area contributed by atoms with Gasteiger partial charge >= 0.3 is 0 Å². The van der Waals surface area contributed by atoms with Gasteiger partial charge in [-0.1, -0.05) is 26.2 Å². The molecule has 1 aliphatic carbocycles. The van der Waals surface area contributed by atoms with Crippen LogP contribution in [0.25, 0.3) is 0 Å². The first kappa shape index (κ1) is 14.8. The summed E-state index contributed by atoms with van der Waals surface area (Å²) in [6, 6.07) is 0.660. The highest BCUT2D eigenvalue weighted by molar-refractivity contribution is 4.99. The Morgan fingerprint density at radius 3 is 2.75 bits per heavy atom. The van der Waals surface area contributed by atoms with Gasteiger partial charge in [-0.05, 0) is 19.3 Å². The molecular formula is C16H30N2O2. The van der Waals surface area contributed by atoms with E-state index in [4.69, 9.17) is 9.47 Å². The van der Waals surface area contributed by atoms with Crippen LogP contribution in [0.1, 0.15) is 45.4 Å². The fourth-order valence-corrected chi connectivity index (χ4v) is 4.12. The van der Waals surface area contributed by atoms with Gasteiger partial charge in [-0.15, -0.1) is 0 Å². The lowest BCUT2D eigenvalue weighted by Crippen LogP contribution is -2.65. The lowest BCUT2D eigenvalue weighted by molar-refractivity contribution is -0.106. The summed E-state index contributed by atoms with van der Waals surface area (Å²) < 4.78 is 11.4. The second-order valence-electron chi connectivity index (χ2n) is 6.78. The van der Waals surface area contributed by atoms with Gasteiger partial charge in [0.1, 0.15) is 0 Å². The Hall–Kier alpha value is -0.160. The zero-order valence-electron chi connectivity index (χ0n) is 12.9. The number of rotatable bonds is 3. The molecule has 2 heterocycles. The molecule has 0 bridgehead atoms. The third-order valence-corrected chi connectivity index (χ3v) is 5.34. The second kappa shape index (κ2) is 6.73. The summed E-state index contributed by atoms with van der Waals surface area (Å²) >= 11 is 0. The SMILES string of the molecule is CCC1CNC2(CCCCC2)CN1CC1COCCO1. The Morgan fingerprint density at radius 2 is 2.05 bits per heavy atom. The van der Waals surface area contributed by atoms with Crippen molar-refractivity contribution >= 4 is 0 Å². The first-order chi connectivity index (χ1) is 9.81. The van der Waals surface area contributed by atoms with Gasteiger partial charge in [-0.3, -0.25) is 4.90 Å². The molecule has 2 aliphatic heterocycles. The topological polar surface area (TPSA) is 33.7 Å². The van der Waals surface area contributed by atoms with Crippen molar-refractivity contribution in [2.45, 2.75) is 63.1 Å². The van der Waals surface area contributed by atoms with Crippen LogP contribution in [0.2, 0.25) is 0 Å². The fourth-order valence-electron chi connectivity index (χ4n) is 4.12. The number of nitrogens with zero attached hydrogens (tertiary/aromatic N) is 1. The number of hydrogen-bond acceptors (Lipinski definition) is 4. The van der Waals surface area contributed by atoms with Gasteiger partial charge in [-0.2, -0.15) is 0 Å². The fraction of sp³-hybridized carbons (Fsp3) is 1.00. The van der Waals surface area contributed by atoms with E-state index in [0.29, 0.717) is 11.6 Å². The number of ether oxygens (including phenoxy) is 2. The lowest BCUT2D eigenvalue weighted by Gasteiger charge is -2.50. The third-order valence-electron chi connectivity index (χ3n) is 5.34. The first-order valence-corrected chi connectivity index (χ1v) is 8.50. The van der Waals surface area contributed by atoms with E-state index in [1.165, 1.54) is 45.1 Å². The van der Waals surface area contributed by atoms with E-state index in [-0.39, 0.29) is 6.10 Å². The molecule has 116 valence electrons. The smallest absolute Gasteiger partial charge is 0.0936 e. The quantitative estimate of drug-likeness (QED) is 0.856.